The van der Waals surface area contributed by atoms with Crippen LogP contribution in [0, 0.1) is 0 Å². The fourth-order valence-corrected chi connectivity index (χ4v) is 1.81. The molecule has 4 heteroatoms. The van der Waals surface area contributed by atoms with Crippen LogP contribution in [0.4, 0.5) is 0 Å². The Bertz CT molecular complexity index is 133. The van der Waals surface area contributed by atoms with Crippen molar-refractivity contribution in [3.63, 3.8) is 0 Å². The van der Waals surface area contributed by atoms with Crippen LogP contribution in [0.2, 0.25) is 0 Å². The molecule has 0 amide bonds. The topological polar surface area (TPSA) is 49.7 Å². The number of hydrogen-bond donors (Lipinski definition) is 2. The molecule has 2 atom stereocenters. The van der Waals surface area contributed by atoms with E-state index in [9.17, 15) is 0 Å². The minimum absolute atomic E-state index is 0.156. The zero-order valence-electron chi connectivity index (χ0n) is 9.49. The lowest BCUT2D eigenvalue weighted by atomic mass is 10.1. The molecule has 0 saturated heterocycles. The number of aliphatic hydroxyl groups is 2. The minimum Gasteiger partial charge on any atom is -0.394 e. The fraction of sp³-hybridized carbons (Fsp3) is 1.00. The van der Waals surface area contributed by atoms with Gasteiger partial charge in [0, 0.05) is 5.33 Å². The summed E-state index contributed by atoms with van der Waals surface area (Å²) in [6, 6.07) is 0. The van der Waals surface area contributed by atoms with Gasteiger partial charge in [0.05, 0.1) is 19.3 Å². The second-order valence-corrected chi connectivity index (χ2v) is 4.44. The SMILES string of the molecule is CCCCCCC(CBr)OCC(O)CO. The van der Waals surface area contributed by atoms with E-state index in [2.05, 4.69) is 22.9 Å². The van der Waals surface area contributed by atoms with Crippen molar-refractivity contribution in [3.8, 4) is 0 Å². The number of alkyl halides is 1. The number of aliphatic hydroxyl groups excluding tert-OH is 2. The Balaban J connectivity index is 3.46. The summed E-state index contributed by atoms with van der Waals surface area (Å²) >= 11 is 3.39. The molecule has 0 radical (unpaired) electrons. The van der Waals surface area contributed by atoms with Crippen molar-refractivity contribution < 1.29 is 14.9 Å². The number of ether oxygens (including phenoxy) is 1. The predicted molar refractivity (Wildman–Crippen MR) is 65.4 cm³/mol. The largest absolute Gasteiger partial charge is 0.394 e. The zero-order chi connectivity index (χ0) is 11.5. The molecule has 0 saturated carbocycles. The highest BCUT2D eigenvalue weighted by atomic mass is 79.9. The molecule has 0 spiro atoms. The van der Waals surface area contributed by atoms with Crippen LogP contribution >= 0.6 is 15.9 Å². The van der Waals surface area contributed by atoms with Gasteiger partial charge in [-0.3, -0.25) is 0 Å². The second-order valence-electron chi connectivity index (χ2n) is 3.80. The second kappa shape index (κ2) is 10.9. The standard InChI is InChI=1S/C11H23BrO3/c1-2-3-4-5-6-11(7-12)15-9-10(14)8-13/h10-11,13-14H,2-9H2,1H3. The zero-order valence-corrected chi connectivity index (χ0v) is 11.1. The average molecular weight is 283 g/mol. The van der Waals surface area contributed by atoms with E-state index in [1.807, 2.05) is 0 Å². The van der Waals surface area contributed by atoms with Crippen LogP contribution in [-0.2, 0) is 4.74 Å². The van der Waals surface area contributed by atoms with E-state index in [0.29, 0.717) is 0 Å². The highest BCUT2D eigenvalue weighted by Crippen LogP contribution is 2.10. The molecule has 0 aromatic heterocycles. The first-order valence-corrected chi connectivity index (χ1v) is 6.83. The molecule has 0 aliphatic heterocycles. The predicted octanol–water partition coefficient (Wildman–Crippen LogP) is 2.09. The van der Waals surface area contributed by atoms with Gasteiger partial charge in [0.25, 0.3) is 0 Å². The normalized spacial score (nSPS) is 15.2. The number of rotatable bonds is 10. The maximum atomic E-state index is 9.12. The Labute approximate surface area is 101 Å². The van der Waals surface area contributed by atoms with Crippen molar-refractivity contribution in [2.75, 3.05) is 18.5 Å². The first kappa shape index (κ1) is 15.4. The van der Waals surface area contributed by atoms with E-state index in [1.54, 1.807) is 0 Å². The molecule has 0 aliphatic carbocycles. The van der Waals surface area contributed by atoms with Crippen LogP contribution in [0.25, 0.3) is 0 Å². The van der Waals surface area contributed by atoms with Gasteiger partial charge in [-0.25, -0.2) is 0 Å². The molecule has 92 valence electrons. The van der Waals surface area contributed by atoms with Crippen LogP contribution < -0.4 is 0 Å². The molecule has 0 rings (SSSR count). The lowest BCUT2D eigenvalue weighted by molar-refractivity contribution is -0.0234. The molecule has 2 N–H and O–H groups in total. The molecule has 3 nitrogen and oxygen atoms in total. The quantitative estimate of drug-likeness (QED) is 0.477. The summed E-state index contributed by atoms with van der Waals surface area (Å²) in [5.41, 5.74) is 0. The van der Waals surface area contributed by atoms with Crippen molar-refractivity contribution in [1.82, 2.24) is 0 Å². The molecule has 2 unspecified atom stereocenters. The van der Waals surface area contributed by atoms with Gasteiger partial charge in [-0.2, -0.15) is 0 Å². The summed E-state index contributed by atoms with van der Waals surface area (Å²) in [7, 11) is 0. The molecule has 0 aromatic carbocycles. The van der Waals surface area contributed by atoms with Crippen molar-refractivity contribution in [2.45, 2.75) is 51.2 Å². The van der Waals surface area contributed by atoms with Crippen LogP contribution in [0.1, 0.15) is 39.0 Å². The van der Waals surface area contributed by atoms with Crippen molar-refractivity contribution >= 4 is 15.9 Å². The fourth-order valence-electron chi connectivity index (χ4n) is 1.30. The maximum absolute atomic E-state index is 9.12. The van der Waals surface area contributed by atoms with Gasteiger partial charge < -0.3 is 14.9 Å². The van der Waals surface area contributed by atoms with Gasteiger partial charge >= 0.3 is 0 Å². The van der Waals surface area contributed by atoms with E-state index in [-0.39, 0.29) is 19.3 Å². The van der Waals surface area contributed by atoms with Gasteiger partial charge in [-0.15, -0.1) is 0 Å². The van der Waals surface area contributed by atoms with E-state index in [0.717, 1.165) is 11.8 Å². The highest BCUT2D eigenvalue weighted by Gasteiger charge is 2.10. The lowest BCUT2D eigenvalue weighted by Crippen LogP contribution is -2.25. The Kier molecular flexibility index (Phi) is 11.1. The van der Waals surface area contributed by atoms with Crippen LogP contribution in [-0.4, -0.2) is 41.0 Å². The van der Waals surface area contributed by atoms with E-state index in [1.165, 1.54) is 25.7 Å². The third-order valence-electron chi connectivity index (χ3n) is 2.29. The summed E-state index contributed by atoms with van der Waals surface area (Å²) in [6.45, 7) is 2.18. The molecule has 0 fully saturated rings. The third kappa shape index (κ3) is 9.30. The maximum Gasteiger partial charge on any atom is 0.100 e. The summed E-state index contributed by atoms with van der Waals surface area (Å²) in [5.74, 6) is 0. The van der Waals surface area contributed by atoms with Gasteiger partial charge in [-0.1, -0.05) is 48.5 Å². The summed E-state index contributed by atoms with van der Waals surface area (Å²) in [5, 5.41) is 18.5. The van der Waals surface area contributed by atoms with Gasteiger partial charge in [-0.05, 0) is 6.42 Å². The monoisotopic (exact) mass is 282 g/mol. The molecule has 0 bridgehead atoms. The summed E-state index contributed by atoms with van der Waals surface area (Å²) < 4.78 is 5.47. The minimum atomic E-state index is -0.748. The van der Waals surface area contributed by atoms with Crippen LogP contribution in [0.5, 0.6) is 0 Å². The first-order chi connectivity index (χ1) is 7.24. The number of unbranched alkanes of at least 4 members (excludes halogenated alkanes) is 3. The Hall–Kier alpha value is 0.360. The number of halogens is 1. The lowest BCUT2D eigenvalue weighted by Gasteiger charge is -2.17. The van der Waals surface area contributed by atoms with Crippen molar-refractivity contribution in [2.24, 2.45) is 0 Å². The van der Waals surface area contributed by atoms with E-state index >= 15 is 0 Å². The molecule has 0 heterocycles. The molecule has 0 aliphatic rings. The molecular formula is C11H23BrO3. The Morgan fingerprint density at radius 1 is 1.27 bits per heavy atom. The average Bonchev–Trinajstić information content (AvgIpc) is 2.27. The van der Waals surface area contributed by atoms with Crippen molar-refractivity contribution in [3.05, 3.63) is 0 Å². The van der Waals surface area contributed by atoms with E-state index in [4.69, 9.17) is 14.9 Å². The van der Waals surface area contributed by atoms with Gasteiger partial charge in [0.15, 0.2) is 0 Å². The van der Waals surface area contributed by atoms with Crippen LogP contribution in [0.3, 0.4) is 0 Å². The molecule has 15 heavy (non-hydrogen) atoms. The summed E-state index contributed by atoms with van der Waals surface area (Å²) in [6.07, 6.45) is 5.34. The highest BCUT2D eigenvalue weighted by molar-refractivity contribution is 9.09. The third-order valence-corrected chi connectivity index (χ3v) is 3.01. The Morgan fingerprint density at radius 2 is 2.00 bits per heavy atom. The van der Waals surface area contributed by atoms with E-state index < -0.39 is 6.10 Å². The molecular weight excluding hydrogens is 260 g/mol. The Morgan fingerprint density at radius 3 is 2.53 bits per heavy atom. The van der Waals surface area contributed by atoms with Gasteiger partial charge in [0.2, 0.25) is 0 Å². The van der Waals surface area contributed by atoms with Gasteiger partial charge in [0.1, 0.15) is 6.10 Å². The number of hydrogen-bond acceptors (Lipinski definition) is 3. The summed E-state index contributed by atoms with van der Waals surface area (Å²) in [4.78, 5) is 0. The molecule has 0 aromatic rings. The smallest absolute Gasteiger partial charge is 0.100 e. The van der Waals surface area contributed by atoms with Crippen molar-refractivity contribution in [1.29, 1.82) is 0 Å². The first-order valence-electron chi connectivity index (χ1n) is 5.71. The van der Waals surface area contributed by atoms with Crippen LogP contribution in [0.15, 0.2) is 0 Å².